The zero-order valence-electron chi connectivity index (χ0n) is 10.9. The van der Waals surface area contributed by atoms with Crippen molar-refractivity contribution in [2.45, 2.75) is 38.4 Å². The van der Waals surface area contributed by atoms with E-state index in [0.717, 1.165) is 17.4 Å². The van der Waals surface area contributed by atoms with E-state index >= 15 is 0 Å². The van der Waals surface area contributed by atoms with Gasteiger partial charge in [0.05, 0.1) is 6.54 Å². The molecule has 1 heterocycles. The van der Waals surface area contributed by atoms with Crippen molar-refractivity contribution in [3.63, 3.8) is 0 Å². The number of benzene rings is 1. The number of nitrogens with one attached hydrogen (secondary N) is 1. The topological polar surface area (TPSA) is 24.4 Å². The number of anilines is 1. The number of aliphatic imine (C=N–C) groups is 1. The van der Waals surface area contributed by atoms with Gasteiger partial charge in [0, 0.05) is 10.9 Å². The third-order valence-electron chi connectivity index (χ3n) is 2.81. The molecule has 92 valence electrons. The summed E-state index contributed by atoms with van der Waals surface area (Å²) in [7, 11) is 0. The summed E-state index contributed by atoms with van der Waals surface area (Å²) in [6, 6.07) is 8.64. The third kappa shape index (κ3) is 3.25. The van der Waals surface area contributed by atoms with Gasteiger partial charge in [-0.2, -0.15) is 0 Å². The Morgan fingerprint density at radius 2 is 1.88 bits per heavy atom. The van der Waals surface area contributed by atoms with E-state index in [2.05, 4.69) is 62.3 Å². The van der Waals surface area contributed by atoms with Crippen LogP contribution in [-0.2, 0) is 5.41 Å². The van der Waals surface area contributed by atoms with Crippen molar-refractivity contribution in [1.82, 2.24) is 0 Å². The Balaban J connectivity index is 2.04. The smallest absolute Gasteiger partial charge is 0.161 e. The molecule has 2 nitrogen and oxygen atoms in total. The molecule has 1 aromatic rings. The second-order valence-electron chi connectivity index (χ2n) is 5.53. The molecule has 0 radical (unpaired) electrons. The molecular weight excluding hydrogens is 228 g/mol. The molecule has 1 aromatic carbocycles. The highest BCUT2D eigenvalue weighted by Gasteiger charge is 2.16. The summed E-state index contributed by atoms with van der Waals surface area (Å²) in [6.07, 6.45) is 0. The zero-order chi connectivity index (χ0) is 12.5. The van der Waals surface area contributed by atoms with Crippen LogP contribution < -0.4 is 5.32 Å². The van der Waals surface area contributed by atoms with Crippen LogP contribution in [-0.4, -0.2) is 17.0 Å². The van der Waals surface area contributed by atoms with Gasteiger partial charge < -0.3 is 5.32 Å². The molecule has 0 aromatic heterocycles. The van der Waals surface area contributed by atoms with Gasteiger partial charge in [-0.1, -0.05) is 51.6 Å². The largest absolute Gasteiger partial charge is 0.335 e. The normalized spacial score (nSPS) is 20.2. The highest BCUT2D eigenvalue weighted by Crippen LogP contribution is 2.25. The molecule has 0 saturated heterocycles. The van der Waals surface area contributed by atoms with Crippen LogP contribution in [0.15, 0.2) is 29.3 Å². The number of rotatable bonds is 1. The van der Waals surface area contributed by atoms with E-state index in [1.54, 1.807) is 0 Å². The molecule has 0 fully saturated rings. The second-order valence-corrected chi connectivity index (χ2v) is 6.95. The van der Waals surface area contributed by atoms with Gasteiger partial charge in [-0.05, 0) is 23.1 Å². The standard InChI is InChI=1S/C14H20N2S/c1-10-9-15-13(17-10)16-12-7-5-11(6-8-12)14(2,3)4/h5-8,10H,9H2,1-4H3,(H,15,16). The fourth-order valence-corrected chi connectivity index (χ4v) is 2.58. The molecule has 0 bridgehead atoms. The van der Waals surface area contributed by atoms with Gasteiger partial charge in [0.1, 0.15) is 0 Å². The van der Waals surface area contributed by atoms with Crippen LogP contribution in [0.3, 0.4) is 0 Å². The molecule has 0 saturated carbocycles. The highest BCUT2D eigenvalue weighted by atomic mass is 32.2. The molecular formula is C14H20N2S. The van der Waals surface area contributed by atoms with Crippen LogP contribution in [0.25, 0.3) is 0 Å². The maximum Gasteiger partial charge on any atom is 0.161 e. The fourth-order valence-electron chi connectivity index (χ4n) is 1.72. The first-order chi connectivity index (χ1) is 7.95. The first kappa shape index (κ1) is 12.5. The fraction of sp³-hybridized carbons (Fsp3) is 0.500. The van der Waals surface area contributed by atoms with E-state index in [1.807, 2.05) is 11.8 Å². The first-order valence-corrected chi connectivity index (χ1v) is 6.92. The Morgan fingerprint density at radius 3 is 2.35 bits per heavy atom. The van der Waals surface area contributed by atoms with Gasteiger partial charge in [0.25, 0.3) is 0 Å². The lowest BCUT2D eigenvalue weighted by Crippen LogP contribution is -2.11. The summed E-state index contributed by atoms with van der Waals surface area (Å²) in [4.78, 5) is 4.45. The lowest BCUT2D eigenvalue weighted by molar-refractivity contribution is 0.590. The van der Waals surface area contributed by atoms with Gasteiger partial charge in [-0.3, -0.25) is 4.99 Å². The Labute approximate surface area is 108 Å². The zero-order valence-corrected chi connectivity index (χ0v) is 11.8. The lowest BCUT2D eigenvalue weighted by Gasteiger charge is -2.19. The van der Waals surface area contributed by atoms with Crippen molar-refractivity contribution in [2.75, 3.05) is 11.9 Å². The SMILES string of the molecule is CC1CN=C(Nc2ccc(C(C)(C)C)cc2)S1. The molecule has 1 aliphatic rings. The van der Waals surface area contributed by atoms with Crippen molar-refractivity contribution in [1.29, 1.82) is 0 Å². The average Bonchev–Trinajstić information content (AvgIpc) is 2.63. The van der Waals surface area contributed by atoms with Gasteiger partial charge in [-0.15, -0.1) is 0 Å². The molecule has 1 atom stereocenters. The van der Waals surface area contributed by atoms with Crippen LogP contribution in [0.2, 0.25) is 0 Å². The van der Waals surface area contributed by atoms with E-state index in [9.17, 15) is 0 Å². The molecule has 1 unspecified atom stereocenters. The van der Waals surface area contributed by atoms with Crippen LogP contribution >= 0.6 is 11.8 Å². The van der Waals surface area contributed by atoms with Crippen LogP contribution in [0.5, 0.6) is 0 Å². The Bertz CT molecular complexity index is 415. The molecule has 0 spiro atoms. The van der Waals surface area contributed by atoms with Crippen molar-refractivity contribution in [3.05, 3.63) is 29.8 Å². The quantitative estimate of drug-likeness (QED) is 0.815. The predicted molar refractivity (Wildman–Crippen MR) is 78.1 cm³/mol. The van der Waals surface area contributed by atoms with E-state index in [0.29, 0.717) is 5.25 Å². The maximum atomic E-state index is 4.45. The van der Waals surface area contributed by atoms with Crippen LogP contribution in [0.4, 0.5) is 5.69 Å². The molecule has 0 aliphatic carbocycles. The minimum absolute atomic E-state index is 0.215. The third-order valence-corrected chi connectivity index (χ3v) is 3.81. The van der Waals surface area contributed by atoms with Gasteiger partial charge in [-0.25, -0.2) is 0 Å². The summed E-state index contributed by atoms with van der Waals surface area (Å²) in [5.74, 6) is 0. The number of hydrogen-bond acceptors (Lipinski definition) is 3. The number of nitrogens with zero attached hydrogens (tertiary/aromatic N) is 1. The summed E-state index contributed by atoms with van der Waals surface area (Å²) >= 11 is 1.81. The van der Waals surface area contributed by atoms with E-state index in [4.69, 9.17) is 0 Å². The molecule has 1 aliphatic heterocycles. The van der Waals surface area contributed by atoms with E-state index < -0.39 is 0 Å². The Morgan fingerprint density at radius 1 is 1.24 bits per heavy atom. The summed E-state index contributed by atoms with van der Waals surface area (Å²) < 4.78 is 0. The monoisotopic (exact) mass is 248 g/mol. The van der Waals surface area contributed by atoms with Crippen LogP contribution in [0.1, 0.15) is 33.3 Å². The first-order valence-electron chi connectivity index (χ1n) is 6.04. The molecule has 2 rings (SSSR count). The van der Waals surface area contributed by atoms with Gasteiger partial charge >= 0.3 is 0 Å². The van der Waals surface area contributed by atoms with Crippen molar-refractivity contribution in [3.8, 4) is 0 Å². The summed E-state index contributed by atoms with van der Waals surface area (Å²) in [5.41, 5.74) is 2.70. The Kier molecular flexibility index (Phi) is 3.48. The van der Waals surface area contributed by atoms with Gasteiger partial charge in [0.15, 0.2) is 5.17 Å². The van der Waals surface area contributed by atoms with E-state index in [-0.39, 0.29) is 5.41 Å². The van der Waals surface area contributed by atoms with Crippen molar-refractivity contribution >= 4 is 22.6 Å². The molecule has 17 heavy (non-hydrogen) atoms. The average molecular weight is 248 g/mol. The van der Waals surface area contributed by atoms with E-state index in [1.165, 1.54) is 5.56 Å². The van der Waals surface area contributed by atoms with Crippen LogP contribution in [0, 0.1) is 0 Å². The Hall–Kier alpha value is -0.960. The number of thioether (sulfide) groups is 1. The molecule has 1 N–H and O–H groups in total. The van der Waals surface area contributed by atoms with Gasteiger partial charge in [0.2, 0.25) is 0 Å². The molecule has 3 heteroatoms. The maximum absolute atomic E-state index is 4.45. The second kappa shape index (κ2) is 4.73. The summed E-state index contributed by atoms with van der Waals surface area (Å²) in [5, 5.41) is 5.01. The predicted octanol–water partition coefficient (Wildman–Crippen LogP) is 3.89. The molecule has 0 amide bonds. The minimum Gasteiger partial charge on any atom is -0.335 e. The minimum atomic E-state index is 0.215. The van der Waals surface area contributed by atoms with Crippen molar-refractivity contribution < 1.29 is 0 Å². The summed E-state index contributed by atoms with van der Waals surface area (Å²) in [6.45, 7) is 9.81. The number of hydrogen-bond donors (Lipinski definition) is 1. The number of amidine groups is 1. The lowest BCUT2D eigenvalue weighted by atomic mass is 9.87. The van der Waals surface area contributed by atoms with Crippen molar-refractivity contribution in [2.24, 2.45) is 4.99 Å². The highest BCUT2D eigenvalue weighted by molar-refractivity contribution is 8.15.